The van der Waals surface area contributed by atoms with Gasteiger partial charge in [0.05, 0.1) is 0 Å². The molecule has 0 amide bonds. The summed E-state index contributed by atoms with van der Waals surface area (Å²) in [6.07, 6.45) is 0. The van der Waals surface area contributed by atoms with Crippen molar-refractivity contribution in [2.45, 2.75) is 0 Å². The second-order valence-corrected chi connectivity index (χ2v) is 28.9. The Morgan fingerprint density at radius 3 is 0.709 bits per heavy atom. The Labute approximate surface area is 611 Å². The first-order valence-corrected chi connectivity index (χ1v) is 37.2. The van der Waals surface area contributed by atoms with E-state index in [1.807, 2.05) is 34.0 Å². The molecule has 0 saturated carbocycles. The predicted molar refractivity (Wildman–Crippen MR) is 447 cm³/mol. The van der Waals surface area contributed by atoms with Gasteiger partial charge in [-0.15, -0.1) is 34.0 Å². The number of fused-ring (bicyclic) bond motifs is 9. The largest absolute Gasteiger partial charge is 0.310 e. The summed E-state index contributed by atoms with van der Waals surface area (Å²) in [4.78, 5) is 9.44. The molecule has 16 aromatic carbocycles. The van der Waals surface area contributed by atoms with Crippen LogP contribution in [0.2, 0.25) is 0 Å². The van der Waals surface area contributed by atoms with E-state index in [-0.39, 0.29) is 0 Å². The number of benzene rings is 16. The summed E-state index contributed by atoms with van der Waals surface area (Å²) < 4.78 is 7.67. The van der Waals surface area contributed by atoms with Gasteiger partial charge in [0.1, 0.15) is 0 Å². The minimum absolute atomic E-state index is 1.11. The molecule has 0 aliphatic carbocycles. The van der Waals surface area contributed by atoms with Crippen LogP contribution < -0.4 is 19.6 Å². The molecule has 7 heteroatoms. The molecule has 0 spiro atoms. The number of nitrogens with zero attached hydrogens (tertiary/aromatic N) is 4. The highest BCUT2D eigenvalue weighted by atomic mass is 32.1. The fourth-order valence-electron chi connectivity index (χ4n) is 14.4. The van der Waals surface area contributed by atoms with Crippen molar-refractivity contribution in [3.05, 3.63) is 400 Å². The van der Waals surface area contributed by atoms with E-state index >= 15 is 0 Å². The zero-order valence-electron chi connectivity index (χ0n) is 56.1. The summed E-state index contributed by atoms with van der Waals surface area (Å²) in [5.74, 6) is 0. The van der Waals surface area contributed by atoms with E-state index in [4.69, 9.17) is 0 Å². The van der Waals surface area contributed by atoms with Crippen LogP contribution in [0.15, 0.2) is 400 Å². The van der Waals surface area contributed by atoms with Crippen LogP contribution in [-0.4, -0.2) is 0 Å². The van der Waals surface area contributed by atoms with Gasteiger partial charge in [0, 0.05) is 129 Å². The molecular formula is C96H66N4S3. The molecule has 0 fully saturated rings. The van der Waals surface area contributed by atoms with Gasteiger partial charge in [-0.3, -0.25) is 0 Å². The first-order valence-electron chi connectivity index (χ1n) is 34.8. The average Bonchev–Trinajstić information content (AvgIpc) is 1.67. The monoisotopic (exact) mass is 1370 g/mol. The molecule has 0 aliphatic rings. The highest BCUT2D eigenvalue weighted by Gasteiger charge is 2.22. The molecule has 4 nitrogen and oxygen atoms in total. The highest BCUT2D eigenvalue weighted by molar-refractivity contribution is 7.26. The standard InChI is InChI=1S/C48H32N2S2.C48H34N2S/c1-4-12-33(13-5-1)34-20-22-37(23-21-34)50(39-25-27-42-41-18-10-11-19-45(41)51-46(42)31-39)40-26-29-44-43-28-24-38(30-47(43)52-48(44)32-40)49(35-14-6-2-7-15-35)36-16-8-3-9-17-36;1-6-16-35(17-7-1)43-29-26-40(32-46(43)36-18-8-2-9-19-36)50(39-24-14-5-15-25-39)42-28-31-45-44-30-27-41(33-47(44)51-48(45)34-42)49(37-20-10-3-11-21-37)38-22-12-4-13-23-38/h1-32H;1-34H. The van der Waals surface area contributed by atoms with Gasteiger partial charge in [0.15, 0.2) is 0 Å². The van der Waals surface area contributed by atoms with Crippen LogP contribution in [0, 0.1) is 0 Å². The average molecular weight is 1370 g/mol. The summed E-state index contributed by atoms with van der Waals surface area (Å²) in [7, 11) is 0. The summed E-state index contributed by atoms with van der Waals surface area (Å²) in [6, 6.07) is 144. The van der Waals surface area contributed by atoms with Crippen molar-refractivity contribution >= 4 is 163 Å². The number of para-hydroxylation sites is 5. The van der Waals surface area contributed by atoms with Gasteiger partial charge >= 0.3 is 0 Å². The zero-order chi connectivity index (χ0) is 68.4. The van der Waals surface area contributed by atoms with Gasteiger partial charge in [-0.25, -0.2) is 0 Å². The number of hydrogen-bond acceptors (Lipinski definition) is 7. The van der Waals surface area contributed by atoms with Crippen molar-refractivity contribution in [2.75, 3.05) is 19.6 Å². The molecule has 3 aromatic heterocycles. The predicted octanol–water partition coefficient (Wildman–Crippen LogP) is 29.4. The molecular weight excluding hydrogens is 1310 g/mol. The van der Waals surface area contributed by atoms with Crippen LogP contribution >= 0.6 is 34.0 Å². The summed E-state index contributed by atoms with van der Waals surface area (Å²) in [5.41, 5.74) is 20.9. The summed E-state index contributed by atoms with van der Waals surface area (Å²) >= 11 is 5.57. The Morgan fingerprint density at radius 1 is 0.136 bits per heavy atom. The van der Waals surface area contributed by atoms with Crippen LogP contribution in [0.5, 0.6) is 0 Å². The third-order valence-corrected chi connectivity index (χ3v) is 22.6. The molecule has 103 heavy (non-hydrogen) atoms. The maximum absolute atomic E-state index is 2.40. The van der Waals surface area contributed by atoms with Crippen molar-refractivity contribution in [1.29, 1.82) is 0 Å². The number of rotatable bonds is 15. The second kappa shape index (κ2) is 27.8. The SMILES string of the molecule is c1ccc(-c2ccc(N(c3ccc4c(c3)sc3ccccc34)c3ccc4c(c3)sc3cc(N(c5ccccc5)c5ccccc5)ccc34)cc2)cc1.c1ccc(-c2ccc(N(c3ccccc3)c3ccc4c(c3)sc3cc(N(c5ccccc5)c5ccccc5)ccc34)cc2-c2ccccc2)cc1. The Balaban J connectivity index is 0.000000147. The van der Waals surface area contributed by atoms with Crippen LogP contribution in [0.4, 0.5) is 68.2 Å². The lowest BCUT2D eigenvalue weighted by atomic mass is 9.93. The van der Waals surface area contributed by atoms with Gasteiger partial charge in [-0.2, -0.15) is 0 Å². The van der Waals surface area contributed by atoms with Crippen LogP contribution in [0.3, 0.4) is 0 Å². The molecule has 0 bridgehead atoms. The van der Waals surface area contributed by atoms with Crippen molar-refractivity contribution in [3.8, 4) is 33.4 Å². The Morgan fingerprint density at radius 2 is 0.359 bits per heavy atom. The topological polar surface area (TPSA) is 13.0 Å². The maximum atomic E-state index is 2.40. The normalized spacial score (nSPS) is 11.3. The molecule has 0 atom stereocenters. The molecule has 19 aromatic rings. The van der Waals surface area contributed by atoms with E-state index in [0.29, 0.717) is 0 Å². The lowest BCUT2D eigenvalue weighted by molar-refractivity contribution is 1.29. The molecule has 0 saturated heterocycles. The number of anilines is 12. The fourth-order valence-corrected chi connectivity index (χ4v) is 17.9. The fraction of sp³-hybridized carbons (Fsp3) is 0. The maximum Gasteiger partial charge on any atom is 0.0476 e. The van der Waals surface area contributed by atoms with Gasteiger partial charge in [0.25, 0.3) is 0 Å². The van der Waals surface area contributed by atoms with Crippen molar-refractivity contribution in [2.24, 2.45) is 0 Å². The summed E-state index contributed by atoms with van der Waals surface area (Å²) in [5, 5.41) is 7.73. The van der Waals surface area contributed by atoms with Gasteiger partial charge in [-0.1, -0.05) is 249 Å². The van der Waals surface area contributed by atoms with Gasteiger partial charge in [-0.05, 0) is 185 Å². The molecule has 3 heterocycles. The molecule has 0 radical (unpaired) electrons. The Hall–Kier alpha value is -12.6. The molecule has 19 rings (SSSR count). The lowest BCUT2D eigenvalue weighted by Gasteiger charge is -2.27. The first kappa shape index (κ1) is 62.6. The molecule has 0 aliphatic heterocycles. The minimum atomic E-state index is 1.11. The summed E-state index contributed by atoms with van der Waals surface area (Å²) in [6.45, 7) is 0. The van der Waals surface area contributed by atoms with E-state index in [1.165, 1.54) is 93.9 Å². The Kier molecular flexibility index (Phi) is 16.9. The van der Waals surface area contributed by atoms with Crippen molar-refractivity contribution in [1.82, 2.24) is 0 Å². The third kappa shape index (κ3) is 12.4. The third-order valence-electron chi connectivity index (χ3n) is 19.3. The van der Waals surface area contributed by atoms with Crippen molar-refractivity contribution in [3.63, 3.8) is 0 Å². The van der Waals surface area contributed by atoms with E-state index < -0.39 is 0 Å². The smallest absolute Gasteiger partial charge is 0.0476 e. The minimum Gasteiger partial charge on any atom is -0.310 e. The Bertz CT molecular complexity index is 6090. The lowest BCUT2D eigenvalue weighted by Crippen LogP contribution is -2.10. The van der Waals surface area contributed by atoms with Crippen LogP contribution in [0.1, 0.15) is 0 Å². The van der Waals surface area contributed by atoms with Crippen molar-refractivity contribution < 1.29 is 0 Å². The van der Waals surface area contributed by atoms with Crippen LogP contribution in [-0.2, 0) is 0 Å². The van der Waals surface area contributed by atoms with Crippen LogP contribution in [0.25, 0.3) is 93.9 Å². The second-order valence-electron chi connectivity index (χ2n) is 25.6. The van der Waals surface area contributed by atoms with Gasteiger partial charge < -0.3 is 19.6 Å². The molecule has 0 N–H and O–H groups in total. The molecule has 488 valence electrons. The van der Waals surface area contributed by atoms with Gasteiger partial charge in [0.2, 0.25) is 0 Å². The van der Waals surface area contributed by atoms with E-state index in [9.17, 15) is 0 Å². The molecule has 0 unspecified atom stereocenters. The number of hydrogen-bond donors (Lipinski definition) is 0. The highest BCUT2D eigenvalue weighted by Crippen LogP contribution is 2.48. The van der Waals surface area contributed by atoms with E-state index in [0.717, 1.165) is 68.2 Å². The van der Waals surface area contributed by atoms with E-state index in [1.54, 1.807) is 0 Å². The zero-order valence-corrected chi connectivity index (χ0v) is 58.6. The van der Waals surface area contributed by atoms with E-state index in [2.05, 4.69) is 420 Å². The number of thiophene rings is 3. The quantitative estimate of drug-likeness (QED) is 0.101. The first-order chi connectivity index (χ1) is 51.1.